The molecule has 158 valence electrons. The molecular formula is C23H28N4O3. The molecule has 0 unspecified atom stereocenters. The maximum absolute atomic E-state index is 11.3. The molecule has 0 spiro atoms. The standard InChI is InChI=1S/C23H28N4O3/c1-2-30-19-9-7-17(8-10-19)21-25-20-15-18(23(28)29)16-24-22(20)27(21)14-6-5-13-26-11-3-4-12-26/h7-10,15-16H,2-6,11-14H2,1H3,(H,28,29). The Morgan fingerprint density at radius 3 is 2.57 bits per heavy atom. The van der Waals surface area contributed by atoms with E-state index in [1.54, 1.807) is 6.07 Å². The molecule has 0 saturated carbocycles. The molecule has 7 heteroatoms. The Balaban J connectivity index is 1.60. The molecule has 1 N–H and O–H groups in total. The molecule has 4 rings (SSSR count). The van der Waals surface area contributed by atoms with Crippen LogP contribution in [0.1, 0.15) is 43.0 Å². The van der Waals surface area contributed by atoms with Crippen LogP contribution in [0.5, 0.6) is 5.75 Å². The predicted octanol–water partition coefficient (Wildman–Crippen LogP) is 4.07. The fourth-order valence-corrected chi connectivity index (χ4v) is 4.04. The zero-order chi connectivity index (χ0) is 20.9. The van der Waals surface area contributed by atoms with Crippen molar-refractivity contribution in [1.29, 1.82) is 0 Å². The average Bonchev–Trinajstić information content (AvgIpc) is 3.39. The van der Waals surface area contributed by atoms with Crippen LogP contribution in [0.25, 0.3) is 22.6 Å². The Bertz CT molecular complexity index is 1010. The molecule has 0 bridgehead atoms. The Morgan fingerprint density at radius 1 is 1.13 bits per heavy atom. The van der Waals surface area contributed by atoms with E-state index in [4.69, 9.17) is 9.72 Å². The summed E-state index contributed by atoms with van der Waals surface area (Å²) >= 11 is 0. The van der Waals surface area contributed by atoms with Gasteiger partial charge in [-0.25, -0.2) is 14.8 Å². The van der Waals surface area contributed by atoms with Crippen molar-refractivity contribution in [2.75, 3.05) is 26.2 Å². The summed E-state index contributed by atoms with van der Waals surface area (Å²) in [7, 11) is 0. The molecule has 3 heterocycles. The van der Waals surface area contributed by atoms with Gasteiger partial charge >= 0.3 is 5.97 Å². The van der Waals surface area contributed by atoms with Gasteiger partial charge in [0.25, 0.3) is 0 Å². The molecule has 1 saturated heterocycles. The number of unbranched alkanes of at least 4 members (excludes halogenated alkanes) is 1. The Kier molecular flexibility index (Phi) is 6.28. The first-order valence-corrected chi connectivity index (χ1v) is 10.7. The maximum Gasteiger partial charge on any atom is 0.337 e. The van der Waals surface area contributed by atoms with Crippen molar-refractivity contribution in [3.8, 4) is 17.1 Å². The number of carbonyl (C=O) groups is 1. The third-order valence-corrected chi connectivity index (χ3v) is 5.56. The largest absolute Gasteiger partial charge is 0.494 e. The third-order valence-electron chi connectivity index (χ3n) is 5.56. The first-order valence-electron chi connectivity index (χ1n) is 10.7. The number of likely N-dealkylation sites (tertiary alicyclic amines) is 1. The highest BCUT2D eigenvalue weighted by atomic mass is 16.5. The molecule has 0 radical (unpaired) electrons. The smallest absolute Gasteiger partial charge is 0.337 e. The van der Waals surface area contributed by atoms with Crippen LogP contribution in [-0.4, -0.2) is 56.8 Å². The Hall–Kier alpha value is -2.93. The Labute approximate surface area is 176 Å². The average molecular weight is 409 g/mol. The van der Waals surface area contributed by atoms with Crippen LogP contribution in [0.3, 0.4) is 0 Å². The molecule has 0 aliphatic carbocycles. The number of ether oxygens (including phenoxy) is 1. The number of aryl methyl sites for hydroxylation is 1. The number of nitrogens with zero attached hydrogens (tertiary/aromatic N) is 4. The van der Waals surface area contributed by atoms with Gasteiger partial charge in [0.05, 0.1) is 12.2 Å². The highest BCUT2D eigenvalue weighted by Crippen LogP contribution is 2.27. The maximum atomic E-state index is 11.3. The molecule has 1 aliphatic heterocycles. The lowest BCUT2D eigenvalue weighted by atomic mass is 10.2. The first-order chi connectivity index (χ1) is 14.7. The monoisotopic (exact) mass is 408 g/mol. The highest BCUT2D eigenvalue weighted by Gasteiger charge is 2.16. The number of carboxylic acid groups (broad SMARTS) is 1. The second-order valence-corrected chi connectivity index (χ2v) is 7.67. The van der Waals surface area contributed by atoms with Crippen molar-refractivity contribution in [3.63, 3.8) is 0 Å². The fraction of sp³-hybridized carbons (Fsp3) is 0.435. The predicted molar refractivity (Wildman–Crippen MR) is 116 cm³/mol. The van der Waals surface area contributed by atoms with Gasteiger partial charge in [-0.2, -0.15) is 0 Å². The van der Waals surface area contributed by atoms with Crippen molar-refractivity contribution in [2.45, 2.75) is 39.2 Å². The molecule has 2 aromatic heterocycles. The van der Waals surface area contributed by atoms with Gasteiger partial charge in [0.1, 0.15) is 17.1 Å². The molecule has 1 aromatic carbocycles. The lowest BCUT2D eigenvalue weighted by Crippen LogP contribution is -2.20. The molecular weight excluding hydrogens is 380 g/mol. The number of aromatic carboxylic acids is 1. The number of hydrogen-bond donors (Lipinski definition) is 1. The molecule has 1 fully saturated rings. The van der Waals surface area contributed by atoms with E-state index < -0.39 is 5.97 Å². The number of fused-ring (bicyclic) bond motifs is 1. The molecule has 30 heavy (non-hydrogen) atoms. The number of pyridine rings is 1. The number of benzene rings is 1. The van der Waals surface area contributed by atoms with E-state index in [1.165, 1.54) is 32.1 Å². The van der Waals surface area contributed by atoms with Crippen LogP contribution < -0.4 is 4.74 Å². The lowest BCUT2D eigenvalue weighted by Gasteiger charge is -2.15. The number of rotatable bonds is 9. The van der Waals surface area contributed by atoms with Crippen LogP contribution in [-0.2, 0) is 6.54 Å². The van der Waals surface area contributed by atoms with E-state index in [0.29, 0.717) is 12.1 Å². The summed E-state index contributed by atoms with van der Waals surface area (Å²) in [4.78, 5) is 23.1. The van der Waals surface area contributed by atoms with Gasteiger partial charge in [0.2, 0.25) is 0 Å². The normalized spacial score (nSPS) is 14.4. The number of carboxylic acids is 1. The van der Waals surface area contributed by atoms with Crippen LogP contribution in [0.4, 0.5) is 0 Å². The molecule has 0 amide bonds. The quantitative estimate of drug-likeness (QED) is 0.538. The topological polar surface area (TPSA) is 80.5 Å². The van der Waals surface area contributed by atoms with Crippen molar-refractivity contribution in [2.24, 2.45) is 0 Å². The van der Waals surface area contributed by atoms with Crippen molar-refractivity contribution in [1.82, 2.24) is 19.4 Å². The molecule has 7 nitrogen and oxygen atoms in total. The van der Waals surface area contributed by atoms with Crippen LogP contribution in [0.15, 0.2) is 36.5 Å². The minimum absolute atomic E-state index is 0.152. The van der Waals surface area contributed by atoms with E-state index in [-0.39, 0.29) is 5.56 Å². The Morgan fingerprint density at radius 2 is 1.87 bits per heavy atom. The van der Waals surface area contributed by atoms with E-state index in [9.17, 15) is 9.90 Å². The zero-order valence-electron chi connectivity index (χ0n) is 17.4. The second kappa shape index (κ2) is 9.26. The summed E-state index contributed by atoms with van der Waals surface area (Å²) in [6.45, 7) is 6.93. The molecule has 3 aromatic rings. The summed E-state index contributed by atoms with van der Waals surface area (Å²) in [6, 6.07) is 9.46. The highest BCUT2D eigenvalue weighted by molar-refractivity contribution is 5.91. The second-order valence-electron chi connectivity index (χ2n) is 7.67. The summed E-state index contributed by atoms with van der Waals surface area (Å²) in [6.07, 6.45) is 6.17. The lowest BCUT2D eigenvalue weighted by molar-refractivity contribution is 0.0696. The number of hydrogen-bond acceptors (Lipinski definition) is 5. The summed E-state index contributed by atoms with van der Waals surface area (Å²) < 4.78 is 7.66. The van der Waals surface area contributed by atoms with Crippen molar-refractivity contribution < 1.29 is 14.6 Å². The van der Waals surface area contributed by atoms with Gasteiger partial charge in [-0.15, -0.1) is 0 Å². The number of aromatic nitrogens is 3. The first kappa shape index (κ1) is 20.3. The summed E-state index contributed by atoms with van der Waals surface area (Å²) in [5, 5.41) is 9.30. The van der Waals surface area contributed by atoms with E-state index in [0.717, 1.165) is 48.7 Å². The van der Waals surface area contributed by atoms with Gasteiger partial charge in [0.15, 0.2) is 5.65 Å². The van der Waals surface area contributed by atoms with E-state index >= 15 is 0 Å². The van der Waals surface area contributed by atoms with E-state index in [1.807, 2.05) is 31.2 Å². The van der Waals surface area contributed by atoms with Gasteiger partial charge in [-0.3, -0.25) is 0 Å². The van der Waals surface area contributed by atoms with Gasteiger partial charge in [-0.05, 0) is 82.6 Å². The minimum Gasteiger partial charge on any atom is -0.494 e. The SMILES string of the molecule is CCOc1ccc(-c2nc3cc(C(=O)O)cnc3n2CCCCN2CCCC2)cc1. The molecule has 1 aliphatic rings. The van der Waals surface area contributed by atoms with Crippen LogP contribution >= 0.6 is 0 Å². The zero-order valence-corrected chi connectivity index (χ0v) is 17.4. The van der Waals surface area contributed by atoms with Crippen LogP contribution in [0, 0.1) is 0 Å². The van der Waals surface area contributed by atoms with Gasteiger partial charge in [-0.1, -0.05) is 0 Å². The van der Waals surface area contributed by atoms with E-state index in [2.05, 4.69) is 14.5 Å². The minimum atomic E-state index is -0.993. The van der Waals surface area contributed by atoms with Gasteiger partial charge < -0.3 is 19.3 Å². The summed E-state index contributed by atoms with van der Waals surface area (Å²) in [5.41, 5.74) is 2.45. The van der Waals surface area contributed by atoms with Crippen molar-refractivity contribution in [3.05, 3.63) is 42.1 Å². The van der Waals surface area contributed by atoms with Crippen molar-refractivity contribution >= 4 is 17.1 Å². The summed E-state index contributed by atoms with van der Waals surface area (Å²) in [5.74, 6) is 0.636. The molecule has 0 atom stereocenters. The number of imidazole rings is 1. The van der Waals surface area contributed by atoms with Crippen LogP contribution in [0.2, 0.25) is 0 Å². The fourth-order valence-electron chi connectivity index (χ4n) is 4.04. The van der Waals surface area contributed by atoms with Gasteiger partial charge in [0, 0.05) is 18.3 Å². The third kappa shape index (κ3) is 4.46.